The summed E-state index contributed by atoms with van der Waals surface area (Å²) >= 11 is 0. The Bertz CT molecular complexity index is 268. The molecule has 0 aliphatic carbocycles. The molecule has 2 N–H and O–H groups in total. The lowest BCUT2D eigenvalue weighted by atomic mass is 10.3. The van der Waals surface area contributed by atoms with Crippen molar-refractivity contribution < 1.29 is 14.6 Å². The Kier molecular flexibility index (Phi) is 7.30. The second kappa shape index (κ2) is 8.47. The highest BCUT2D eigenvalue weighted by molar-refractivity contribution is 5.78. The van der Waals surface area contributed by atoms with Gasteiger partial charge in [0.1, 0.15) is 0 Å². The number of nitrogens with one attached hydrogen (secondary N) is 1. The smallest absolute Gasteiger partial charge is 0.236 e. The number of hydrogen-bond acceptors (Lipinski definition) is 5. The van der Waals surface area contributed by atoms with Crippen LogP contribution in [0.25, 0.3) is 0 Å². The minimum atomic E-state index is -0.553. The monoisotopic (exact) mass is 273 g/mol. The molecule has 1 amide bonds. The minimum absolute atomic E-state index is 0.113. The van der Waals surface area contributed by atoms with Gasteiger partial charge in [-0.1, -0.05) is 0 Å². The van der Waals surface area contributed by atoms with Gasteiger partial charge in [-0.15, -0.1) is 0 Å². The lowest BCUT2D eigenvalue weighted by Crippen LogP contribution is -2.49. The lowest BCUT2D eigenvalue weighted by molar-refractivity contribution is -0.133. The summed E-state index contributed by atoms with van der Waals surface area (Å²) in [5.41, 5.74) is 0. The molecule has 0 spiro atoms. The molecule has 1 rings (SSSR count). The van der Waals surface area contributed by atoms with Crippen LogP contribution in [-0.2, 0) is 9.53 Å². The van der Waals surface area contributed by atoms with Crippen molar-refractivity contribution in [2.75, 3.05) is 52.9 Å². The highest BCUT2D eigenvalue weighted by atomic mass is 16.5. The second-order valence-electron chi connectivity index (χ2n) is 5.36. The van der Waals surface area contributed by atoms with E-state index >= 15 is 0 Å². The van der Waals surface area contributed by atoms with Gasteiger partial charge in [-0.3, -0.25) is 9.69 Å². The Morgan fingerprint density at radius 3 is 2.63 bits per heavy atom. The van der Waals surface area contributed by atoms with E-state index in [-0.39, 0.29) is 12.0 Å². The number of nitrogens with zero attached hydrogens (tertiary/aromatic N) is 2. The maximum Gasteiger partial charge on any atom is 0.236 e. The van der Waals surface area contributed by atoms with Gasteiger partial charge >= 0.3 is 0 Å². The van der Waals surface area contributed by atoms with E-state index in [1.165, 1.54) is 0 Å². The zero-order chi connectivity index (χ0) is 14.3. The van der Waals surface area contributed by atoms with Crippen molar-refractivity contribution in [3.8, 4) is 0 Å². The number of hydrogen-bond donors (Lipinski definition) is 2. The van der Waals surface area contributed by atoms with Crippen molar-refractivity contribution in [2.45, 2.75) is 26.1 Å². The van der Waals surface area contributed by atoms with Crippen molar-refractivity contribution in [1.82, 2.24) is 15.1 Å². The Balaban J connectivity index is 2.21. The third-order valence-electron chi connectivity index (χ3n) is 3.02. The predicted octanol–water partition coefficient (Wildman–Crippen LogP) is -0.864. The third kappa shape index (κ3) is 6.87. The van der Waals surface area contributed by atoms with Crippen LogP contribution >= 0.6 is 0 Å². The first-order chi connectivity index (χ1) is 8.99. The Hall–Kier alpha value is -0.690. The Morgan fingerprint density at radius 1 is 1.42 bits per heavy atom. The van der Waals surface area contributed by atoms with E-state index in [0.29, 0.717) is 19.7 Å². The highest BCUT2D eigenvalue weighted by Gasteiger charge is 2.18. The van der Waals surface area contributed by atoms with E-state index in [1.807, 2.05) is 30.7 Å². The fraction of sp³-hybridized carbons (Fsp3) is 0.923. The van der Waals surface area contributed by atoms with E-state index in [4.69, 9.17) is 4.74 Å². The molecule has 0 radical (unpaired) electrons. The number of carbonyl (C=O) groups excluding carboxylic acids is 1. The van der Waals surface area contributed by atoms with Crippen molar-refractivity contribution in [2.24, 2.45) is 0 Å². The highest BCUT2D eigenvalue weighted by Crippen LogP contribution is 1.98. The minimum Gasteiger partial charge on any atom is -0.389 e. The second-order valence-corrected chi connectivity index (χ2v) is 5.36. The van der Waals surface area contributed by atoms with Crippen LogP contribution in [0.2, 0.25) is 0 Å². The maximum absolute atomic E-state index is 12.0. The number of aliphatic hydroxyl groups is 1. The molecular formula is C13H27N3O3. The normalized spacial score (nSPS) is 18.1. The molecule has 1 fully saturated rings. The van der Waals surface area contributed by atoms with Crippen molar-refractivity contribution in [3.63, 3.8) is 0 Å². The van der Waals surface area contributed by atoms with Crippen LogP contribution in [0, 0.1) is 0 Å². The fourth-order valence-corrected chi connectivity index (χ4v) is 2.03. The molecule has 0 aromatic carbocycles. The van der Waals surface area contributed by atoms with Crippen LogP contribution in [0.1, 0.15) is 13.8 Å². The van der Waals surface area contributed by atoms with Crippen LogP contribution in [-0.4, -0.2) is 85.9 Å². The summed E-state index contributed by atoms with van der Waals surface area (Å²) in [7, 11) is 1.85. The van der Waals surface area contributed by atoms with Gasteiger partial charge in [0.2, 0.25) is 5.91 Å². The van der Waals surface area contributed by atoms with Gasteiger partial charge in [-0.25, -0.2) is 0 Å². The SMILES string of the molecule is CC(C)OCC(O)CN(C)CC(=O)N1CCNCC1. The zero-order valence-corrected chi connectivity index (χ0v) is 12.3. The molecule has 1 atom stereocenters. The molecule has 6 nitrogen and oxygen atoms in total. The standard InChI is InChI=1S/C13H27N3O3/c1-11(2)19-10-12(17)8-15(3)9-13(18)16-6-4-14-5-7-16/h11-12,14,17H,4-10H2,1-3H3. The Labute approximate surface area is 115 Å². The molecule has 1 aliphatic heterocycles. The van der Waals surface area contributed by atoms with E-state index in [1.54, 1.807) is 0 Å². The van der Waals surface area contributed by atoms with Crippen LogP contribution in [0.4, 0.5) is 0 Å². The molecule has 1 aliphatic rings. The number of likely N-dealkylation sites (N-methyl/N-ethyl adjacent to an activating group) is 1. The van der Waals surface area contributed by atoms with Gasteiger partial charge in [0, 0.05) is 32.7 Å². The first kappa shape index (κ1) is 16.4. The van der Waals surface area contributed by atoms with E-state index in [2.05, 4.69) is 5.32 Å². The molecule has 1 saturated heterocycles. The molecule has 0 aromatic rings. The van der Waals surface area contributed by atoms with Gasteiger partial charge in [-0.2, -0.15) is 0 Å². The van der Waals surface area contributed by atoms with E-state index in [0.717, 1.165) is 26.2 Å². The van der Waals surface area contributed by atoms with Gasteiger partial charge in [0.15, 0.2) is 0 Å². The molecule has 0 saturated carbocycles. The molecule has 6 heteroatoms. The summed E-state index contributed by atoms with van der Waals surface area (Å²) in [4.78, 5) is 15.7. The molecule has 112 valence electrons. The van der Waals surface area contributed by atoms with Crippen molar-refractivity contribution in [1.29, 1.82) is 0 Å². The summed E-state index contributed by atoms with van der Waals surface area (Å²) in [6.45, 7) is 8.24. The number of rotatable bonds is 7. The summed E-state index contributed by atoms with van der Waals surface area (Å²) in [6.07, 6.45) is -0.439. The van der Waals surface area contributed by atoms with Crippen LogP contribution in [0.5, 0.6) is 0 Å². The molecule has 0 bridgehead atoms. The molecular weight excluding hydrogens is 246 g/mol. The molecule has 1 unspecified atom stereocenters. The molecule has 19 heavy (non-hydrogen) atoms. The quantitative estimate of drug-likeness (QED) is 0.632. The zero-order valence-electron chi connectivity index (χ0n) is 12.3. The summed E-state index contributed by atoms with van der Waals surface area (Å²) in [5.74, 6) is 0.126. The maximum atomic E-state index is 12.0. The van der Waals surface area contributed by atoms with Crippen molar-refractivity contribution in [3.05, 3.63) is 0 Å². The lowest BCUT2D eigenvalue weighted by Gasteiger charge is -2.29. The molecule has 1 heterocycles. The predicted molar refractivity (Wildman–Crippen MR) is 74.0 cm³/mol. The van der Waals surface area contributed by atoms with Gasteiger partial charge in [0.05, 0.1) is 25.4 Å². The molecule has 0 aromatic heterocycles. The van der Waals surface area contributed by atoms with Crippen LogP contribution in [0.3, 0.4) is 0 Å². The largest absolute Gasteiger partial charge is 0.389 e. The Morgan fingerprint density at radius 2 is 2.05 bits per heavy atom. The van der Waals surface area contributed by atoms with Crippen LogP contribution in [0.15, 0.2) is 0 Å². The van der Waals surface area contributed by atoms with Gasteiger partial charge < -0.3 is 20.1 Å². The van der Waals surface area contributed by atoms with Crippen molar-refractivity contribution >= 4 is 5.91 Å². The summed E-state index contributed by atoms with van der Waals surface area (Å²) < 4.78 is 5.35. The summed E-state index contributed by atoms with van der Waals surface area (Å²) in [6, 6.07) is 0. The van der Waals surface area contributed by atoms with E-state index < -0.39 is 6.10 Å². The topological polar surface area (TPSA) is 65.0 Å². The first-order valence-corrected chi connectivity index (χ1v) is 6.95. The third-order valence-corrected chi connectivity index (χ3v) is 3.02. The number of carbonyl (C=O) groups is 1. The number of amides is 1. The number of ether oxygens (including phenoxy) is 1. The summed E-state index contributed by atoms with van der Waals surface area (Å²) in [5, 5.41) is 13.0. The van der Waals surface area contributed by atoms with E-state index in [9.17, 15) is 9.90 Å². The number of aliphatic hydroxyl groups excluding tert-OH is 1. The average Bonchev–Trinajstić information content (AvgIpc) is 2.37. The first-order valence-electron chi connectivity index (χ1n) is 6.95. The number of piperazine rings is 1. The van der Waals surface area contributed by atoms with Gasteiger partial charge in [-0.05, 0) is 20.9 Å². The average molecular weight is 273 g/mol. The van der Waals surface area contributed by atoms with Crippen LogP contribution < -0.4 is 5.32 Å². The van der Waals surface area contributed by atoms with Gasteiger partial charge in [0.25, 0.3) is 0 Å². The fourth-order valence-electron chi connectivity index (χ4n) is 2.03.